The molecule has 1 aromatic heterocycles. The second kappa shape index (κ2) is 5.71. The lowest BCUT2D eigenvalue weighted by atomic mass is 10.1. The fourth-order valence-corrected chi connectivity index (χ4v) is 2.64. The largest absolute Gasteiger partial charge is 0.423 e. The number of fused-ring (bicyclic) bond motifs is 1. The highest BCUT2D eigenvalue weighted by Gasteiger charge is 2.06. The summed E-state index contributed by atoms with van der Waals surface area (Å²) in [6.07, 6.45) is 0. The molecule has 0 unspecified atom stereocenters. The molecule has 0 fully saturated rings. The van der Waals surface area contributed by atoms with Crippen LogP contribution in [0.1, 0.15) is 5.56 Å². The Hall–Kier alpha value is -0.780. The molecule has 0 aliphatic rings. The summed E-state index contributed by atoms with van der Waals surface area (Å²) in [5.74, 6) is 1.36. The van der Waals surface area contributed by atoms with Crippen LogP contribution in [0.15, 0.2) is 37.9 Å². The first kappa shape index (κ1) is 12.7. The molecule has 0 bridgehead atoms. The molecule has 0 aliphatic carbocycles. The third kappa shape index (κ3) is 3.12. The van der Waals surface area contributed by atoms with Crippen molar-refractivity contribution in [2.24, 2.45) is 0 Å². The van der Waals surface area contributed by atoms with Crippen LogP contribution < -0.4 is 5.63 Å². The van der Waals surface area contributed by atoms with E-state index in [-0.39, 0.29) is 12.2 Å². The normalized spacial score (nSPS) is 10.9. The summed E-state index contributed by atoms with van der Waals surface area (Å²) in [7, 11) is 0. The zero-order valence-corrected chi connectivity index (χ0v) is 11.4. The molecule has 1 heterocycles. The minimum Gasteiger partial charge on any atom is -0.423 e. The van der Waals surface area contributed by atoms with E-state index in [1.54, 1.807) is 17.8 Å². The number of thioether (sulfide) groups is 1. The van der Waals surface area contributed by atoms with Crippen molar-refractivity contribution in [2.75, 3.05) is 12.4 Å². The molecule has 2 rings (SSSR count). The number of hydrogen-bond acceptors (Lipinski definition) is 4. The summed E-state index contributed by atoms with van der Waals surface area (Å²) >= 11 is 4.94. The molecule has 0 saturated carbocycles. The van der Waals surface area contributed by atoms with Crippen molar-refractivity contribution in [1.82, 2.24) is 0 Å². The summed E-state index contributed by atoms with van der Waals surface area (Å²) in [5, 5.41) is 9.68. The SMILES string of the molecule is O=c1cc(CSCCO)c2ccc(Br)cc2o1. The van der Waals surface area contributed by atoms with E-state index < -0.39 is 0 Å². The molecule has 0 atom stereocenters. The highest BCUT2D eigenvalue weighted by Crippen LogP contribution is 2.24. The lowest BCUT2D eigenvalue weighted by molar-refractivity contribution is 0.322. The molecule has 3 nitrogen and oxygen atoms in total. The topological polar surface area (TPSA) is 50.4 Å². The first-order valence-corrected chi connectivity index (χ1v) is 7.06. The Kier molecular flexibility index (Phi) is 4.25. The first-order chi connectivity index (χ1) is 8.20. The van der Waals surface area contributed by atoms with Crippen LogP contribution in [-0.2, 0) is 5.75 Å². The van der Waals surface area contributed by atoms with Gasteiger partial charge in [-0.2, -0.15) is 11.8 Å². The fourth-order valence-electron chi connectivity index (χ4n) is 1.57. The van der Waals surface area contributed by atoms with Crippen LogP contribution in [0.2, 0.25) is 0 Å². The zero-order chi connectivity index (χ0) is 12.3. The summed E-state index contributed by atoms with van der Waals surface area (Å²) in [5.41, 5.74) is 1.20. The van der Waals surface area contributed by atoms with E-state index in [0.29, 0.717) is 17.1 Å². The van der Waals surface area contributed by atoms with Gasteiger partial charge in [-0.25, -0.2) is 4.79 Å². The molecule has 90 valence electrons. The molecule has 0 spiro atoms. The minimum atomic E-state index is -0.338. The number of halogens is 1. The third-order valence-corrected chi connectivity index (χ3v) is 3.77. The monoisotopic (exact) mass is 314 g/mol. The quantitative estimate of drug-likeness (QED) is 0.696. The second-order valence-corrected chi connectivity index (χ2v) is 5.53. The highest BCUT2D eigenvalue weighted by atomic mass is 79.9. The van der Waals surface area contributed by atoms with Gasteiger partial charge in [-0.3, -0.25) is 0 Å². The van der Waals surface area contributed by atoms with Gasteiger partial charge in [-0.1, -0.05) is 15.9 Å². The van der Waals surface area contributed by atoms with Crippen LogP contribution in [0.25, 0.3) is 11.0 Å². The van der Waals surface area contributed by atoms with Crippen LogP contribution in [0.3, 0.4) is 0 Å². The Labute approximate surface area is 111 Å². The van der Waals surface area contributed by atoms with Gasteiger partial charge in [0, 0.05) is 27.4 Å². The Morgan fingerprint density at radius 2 is 2.18 bits per heavy atom. The van der Waals surface area contributed by atoms with E-state index in [9.17, 15) is 4.79 Å². The van der Waals surface area contributed by atoms with Gasteiger partial charge in [0.05, 0.1) is 6.61 Å². The highest BCUT2D eigenvalue weighted by molar-refractivity contribution is 9.10. The van der Waals surface area contributed by atoms with Gasteiger partial charge in [0.1, 0.15) is 5.58 Å². The number of benzene rings is 1. The molecule has 0 radical (unpaired) electrons. The summed E-state index contributed by atoms with van der Waals surface area (Å²) < 4.78 is 6.03. The van der Waals surface area contributed by atoms with Gasteiger partial charge in [-0.05, 0) is 23.8 Å². The second-order valence-electron chi connectivity index (χ2n) is 3.51. The van der Waals surface area contributed by atoms with Crippen LogP contribution in [0, 0.1) is 0 Å². The van der Waals surface area contributed by atoms with Gasteiger partial charge in [0.2, 0.25) is 0 Å². The van der Waals surface area contributed by atoms with Gasteiger partial charge < -0.3 is 9.52 Å². The van der Waals surface area contributed by atoms with E-state index in [1.165, 1.54) is 6.07 Å². The van der Waals surface area contributed by atoms with Crippen LogP contribution in [0.4, 0.5) is 0 Å². The Bertz CT molecular complexity index is 579. The average Bonchev–Trinajstić information content (AvgIpc) is 2.28. The molecule has 0 aliphatic heterocycles. The van der Waals surface area contributed by atoms with E-state index in [1.807, 2.05) is 12.1 Å². The van der Waals surface area contributed by atoms with Crippen molar-refractivity contribution in [3.63, 3.8) is 0 Å². The predicted octanol–water partition coefficient (Wildman–Crippen LogP) is 2.78. The number of rotatable bonds is 4. The van der Waals surface area contributed by atoms with E-state index in [0.717, 1.165) is 15.4 Å². The molecular formula is C12H11BrO3S. The van der Waals surface area contributed by atoms with Crippen LogP contribution >= 0.6 is 27.7 Å². The molecule has 5 heteroatoms. The van der Waals surface area contributed by atoms with Gasteiger partial charge >= 0.3 is 5.63 Å². The number of aliphatic hydroxyl groups is 1. The summed E-state index contributed by atoms with van der Waals surface area (Å²) in [6, 6.07) is 7.15. The maximum atomic E-state index is 11.4. The molecule has 17 heavy (non-hydrogen) atoms. The van der Waals surface area contributed by atoms with Crippen LogP contribution in [-0.4, -0.2) is 17.5 Å². The minimum absolute atomic E-state index is 0.148. The summed E-state index contributed by atoms with van der Waals surface area (Å²) in [6.45, 7) is 0.148. The zero-order valence-electron chi connectivity index (χ0n) is 8.98. The fraction of sp³-hybridized carbons (Fsp3) is 0.250. The molecular weight excluding hydrogens is 304 g/mol. The van der Waals surface area contributed by atoms with Gasteiger partial charge in [0.25, 0.3) is 0 Å². The van der Waals surface area contributed by atoms with Crippen molar-refractivity contribution < 1.29 is 9.52 Å². The van der Waals surface area contributed by atoms with Crippen molar-refractivity contribution in [3.8, 4) is 0 Å². The van der Waals surface area contributed by atoms with Gasteiger partial charge in [-0.15, -0.1) is 0 Å². The molecule has 2 aromatic rings. The number of hydrogen-bond donors (Lipinski definition) is 1. The Morgan fingerprint density at radius 1 is 1.35 bits per heavy atom. The Morgan fingerprint density at radius 3 is 2.94 bits per heavy atom. The van der Waals surface area contributed by atoms with Crippen molar-refractivity contribution in [1.29, 1.82) is 0 Å². The van der Waals surface area contributed by atoms with Crippen molar-refractivity contribution in [2.45, 2.75) is 5.75 Å². The third-order valence-electron chi connectivity index (χ3n) is 2.29. The van der Waals surface area contributed by atoms with Gasteiger partial charge in [0.15, 0.2) is 0 Å². The molecule has 0 saturated heterocycles. The lowest BCUT2D eigenvalue weighted by Gasteiger charge is -2.04. The van der Waals surface area contributed by atoms with E-state index >= 15 is 0 Å². The molecule has 0 amide bonds. The smallest absolute Gasteiger partial charge is 0.336 e. The average molecular weight is 315 g/mol. The Balaban J connectivity index is 2.43. The first-order valence-electron chi connectivity index (χ1n) is 5.11. The molecule has 1 N–H and O–H groups in total. The van der Waals surface area contributed by atoms with E-state index in [4.69, 9.17) is 9.52 Å². The maximum absolute atomic E-state index is 11.4. The standard InChI is InChI=1S/C12H11BrO3S/c13-9-1-2-10-8(7-17-4-3-14)5-12(15)16-11(10)6-9/h1-2,5-6,14H,3-4,7H2. The van der Waals surface area contributed by atoms with E-state index in [2.05, 4.69) is 15.9 Å². The van der Waals surface area contributed by atoms with Crippen LogP contribution in [0.5, 0.6) is 0 Å². The summed E-state index contributed by atoms with van der Waals surface area (Å²) in [4.78, 5) is 11.4. The lowest BCUT2D eigenvalue weighted by Crippen LogP contribution is -2.00. The van der Waals surface area contributed by atoms with Crippen molar-refractivity contribution in [3.05, 3.63) is 44.7 Å². The number of aliphatic hydroxyl groups excluding tert-OH is 1. The molecule has 1 aromatic carbocycles. The predicted molar refractivity (Wildman–Crippen MR) is 73.4 cm³/mol. The maximum Gasteiger partial charge on any atom is 0.336 e. The van der Waals surface area contributed by atoms with Crippen molar-refractivity contribution >= 4 is 38.7 Å².